The van der Waals surface area contributed by atoms with Crippen molar-refractivity contribution in [3.8, 4) is 12.1 Å². The molecule has 42 heavy (non-hydrogen) atoms. The Balaban J connectivity index is 1.62. The average molecular weight is 590 g/mol. The monoisotopic (exact) mass is 589 g/mol. The van der Waals surface area contributed by atoms with Gasteiger partial charge in [0.1, 0.15) is 23.8 Å². The minimum Gasteiger partial charge on any atom is -0.351 e. The second-order valence-electron chi connectivity index (χ2n) is 9.94. The van der Waals surface area contributed by atoms with E-state index in [9.17, 15) is 33.7 Å². The predicted octanol–water partition coefficient (Wildman–Crippen LogP) is 4.06. The highest BCUT2D eigenvalue weighted by molar-refractivity contribution is 6.31. The molecule has 2 aliphatic rings. The van der Waals surface area contributed by atoms with Gasteiger partial charge in [-0.25, -0.2) is 18.7 Å². The minimum atomic E-state index is -2.91. The molecule has 1 N–H and O–H groups in total. The zero-order valence-electron chi connectivity index (χ0n) is 21.9. The van der Waals surface area contributed by atoms with E-state index in [-0.39, 0.29) is 46.3 Å². The van der Waals surface area contributed by atoms with Gasteiger partial charge in [0.15, 0.2) is 0 Å². The lowest BCUT2D eigenvalue weighted by Crippen LogP contribution is -2.56. The molecular formula is C29H22ClF2N7O3. The standard InChI is InChI=1S/C29H22ClF2N7O3/c30-22-7-2-1-6-21(22)25(26(41)36-19-13-29(31,32)14-19)38(20-5-3-4-17(12-20)15-33)27(42)23-8-9-24(40)39(23)28-35-11-10-18(16-34)37-28/h1-7,10-12,19,23,25H,8-9,13-14H2,(H,36,41)/t23-,25-/m0/s1. The smallest absolute Gasteiger partial charge is 0.252 e. The van der Waals surface area contributed by atoms with Crippen molar-refractivity contribution < 1.29 is 23.2 Å². The van der Waals surface area contributed by atoms with E-state index < -0.39 is 54.6 Å². The van der Waals surface area contributed by atoms with Crippen LogP contribution in [0.2, 0.25) is 5.02 Å². The summed E-state index contributed by atoms with van der Waals surface area (Å²) in [4.78, 5) is 51.8. The van der Waals surface area contributed by atoms with Gasteiger partial charge in [-0.3, -0.25) is 24.2 Å². The maximum atomic E-state index is 14.5. The summed E-state index contributed by atoms with van der Waals surface area (Å²) in [6, 6.07) is 14.0. The summed E-state index contributed by atoms with van der Waals surface area (Å²) in [6.45, 7) is 0. The molecule has 1 saturated carbocycles. The van der Waals surface area contributed by atoms with Crippen LogP contribution in [0, 0.1) is 22.7 Å². The number of aromatic nitrogens is 2. The van der Waals surface area contributed by atoms with E-state index in [1.807, 2.05) is 12.1 Å². The molecule has 212 valence electrons. The molecule has 5 rings (SSSR count). The van der Waals surface area contributed by atoms with E-state index in [0.717, 1.165) is 9.80 Å². The van der Waals surface area contributed by atoms with Crippen LogP contribution in [-0.2, 0) is 14.4 Å². The third-order valence-electron chi connectivity index (χ3n) is 7.10. The Morgan fingerprint density at radius 3 is 2.57 bits per heavy atom. The quantitative estimate of drug-likeness (QED) is 0.438. The van der Waals surface area contributed by atoms with Gasteiger partial charge >= 0.3 is 0 Å². The molecule has 13 heteroatoms. The molecule has 2 atom stereocenters. The van der Waals surface area contributed by atoms with Gasteiger partial charge in [0.2, 0.25) is 17.8 Å². The highest BCUT2D eigenvalue weighted by atomic mass is 35.5. The maximum absolute atomic E-state index is 14.5. The lowest BCUT2D eigenvalue weighted by atomic mass is 9.87. The number of benzene rings is 2. The fourth-order valence-electron chi connectivity index (χ4n) is 5.12. The van der Waals surface area contributed by atoms with Crippen molar-refractivity contribution in [3.63, 3.8) is 0 Å². The number of halogens is 3. The predicted molar refractivity (Wildman–Crippen MR) is 146 cm³/mol. The van der Waals surface area contributed by atoms with Crippen LogP contribution < -0.4 is 15.1 Å². The number of nitrogens with zero attached hydrogens (tertiary/aromatic N) is 6. The summed E-state index contributed by atoms with van der Waals surface area (Å²) in [7, 11) is 0. The highest BCUT2D eigenvalue weighted by Gasteiger charge is 2.48. The number of hydrogen-bond donors (Lipinski definition) is 1. The first-order valence-electron chi connectivity index (χ1n) is 12.9. The molecule has 10 nitrogen and oxygen atoms in total. The zero-order valence-corrected chi connectivity index (χ0v) is 22.6. The summed E-state index contributed by atoms with van der Waals surface area (Å²) >= 11 is 6.52. The van der Waals surface area contributed by atoms with Crippen molar-refractivity contribution in [2.24, 2.45) is 0 Å². The molecule has 2 aromatic carbocycles. The molecule has 2 fully saturated rings. The molecule has 0 spiro atoms. The van der Waals surface area contributed by atoms with Gasteiger partial charge in [-0.15, -0.1) is 0 Å². The third-order valence-corrected chi connectivity index (χ3v) is 7.45. The molecule has 0 radical (unpaired) electrons. The molecule has 3 aromatic rings. The van der Waals surface area contributed by atoms with Crippen LogP contribution in [0.15, 0.2) is 60.8 Å². The summed E-state index contributed by atoms with van der Waals surface area (Å²) < 4.78 is 27.2. The number of nitriles is 2. The SMILES string of the molecule is N#Cc1cccc(N(C(=O)[C@@H]2CCC(=O)N2c2nccc(C#N)n2)[C@H](C(=O)NC2CC(F)(F)C2)c2ccccc2Cl)c1. The summed E-state index contributed by atoms with van der Waals surface area (Å²) in [5.41, 5.74) is 0.517. The summed E-state index contributed by atoms with van der Waals surface area (Å²) in [5.74, 6) is -5.02. The van der Waals surface area contributed by atoms with Crippen molar-refractivity contribution in [2.75, 3.05) is 9.80 Å². The van der Waals surface area contributed by atoms with Gasteiger partial charge in [-0.2, -0.15) is 10.5 Å². The van der Waals surface area contributed by atoms with Crippen LogP contribution in [0.1, 0.15) is 48.5 Å². The van der Waals surface area contributed by atoms with E-state index in [2.05, 4.69) is 15.3 Å². The summed E-state index contributed by atoms with van der Waals surface area (Å²) in [5, 5.41) is 21.6. The first-order valence-corrected chi connectivity index (χ1v) is 13.3. The number of nitrogens with one attached hydrogen (secondary N) is 1. The van der Waals surface area contributed by atoms with Crippen LogP contribution in [0.25, 0.3) is 0 Å². The number of carbonyl (C=O) groups is 3. The number of amides is 3. The Kier molecular flexibility index (Phi) is 7.83. The Morgan fingerprint density at radius 1 is 1.12 bits per heavy atom. The first kappa shape index (κ1) is 28.6. The Labute approximate surface area is 244 Å². The Hall–Kier alpha value is -4.94. The molecule has 1 aliphatic heterocycles. The second-order valence-corrected chi connectivity index (χ2v) is 10.3. The molecule has 3 amide bonds. The zero-order chi connectivity index (χ0) is 30.0. The van der Waals surface area contributed by atoms with Crippen LogP contribution in [0.5, 0.6) is 0 Å². The highest BCUT2D eigenvalue weighted by Crippen LogP contribution is 2.39. The van der Waals surface area contributed by atoms with Crippen LogP contribution in [0.3, 0.4) is 0 Å². The largest absolute Gasteiger partial charge is 0.351 e. The lowest BCUT2D eigenvalue weighted by Gasteiger charge is -2.39. The van der Waals surface area contributed by atoms with Gasteiger partial charge in [0, 0.05) is 47.8 Å². The average Bonchev–Trinajstić information content (AvgIpc) is 3.36. The molecule has 1 aliphatic carbocycles. The lowest BCUT2D eigenvalue weighted by molar-refractivity contribution is -0.133. The number of hydrogen-bond acceptors (Lipinski definition) is 7. The van der Waals surface area contributed by atoms with E-state index in [1.54, 1.807) is 12.1 Å². The topological polar surface area (TPSA) is 143 Å². The van der Waals surface area contributed by atoms with Crippen molar-refractivity contribution >= 4 is 41.0 Å². The Morgan fingerprint density at radius 2 is 1.88 bits per heavy atom. The van der Waals surface area contributed by atoms with E-state index in [0.29, 0.717) is 0 Å². The fourth-order valence-corrected chi connectivity index (χ4v) is 5.36. The van der Waals surface area contributed by atoms with E-state index >= 15 is 0 Å². The van der Waals surface area contributed by atoms with Gasteiger partial charge in [-0.05, 0) is 36.8 Å². The van der Waals surface area contributed by atoms with Crippen molar-refractivity contribution in [2.45, 2.75) is 49.7 Å². The molecular weight excluding hydrogens is 568 g/mol. The number of anilines is 2. The minimum absolute atomic E-state index is 0.0184. The van der Waals surface area contributed by atoms with Crippen LogP contribution in [-0.4, -0.2) is 45.7 Å². The fraction of sp³-hybridized carbons (Fsp3) is 0.276. The van der Waals surface area contributed by atoms with Crippen molar-refractivity contribution in [1.29, 1.82) is 10.5 Å². The van der Waals surface area contributed by atoms with Gasteiger partial charge in [-0.1, -0.05) is 35.9 Å². The molecule has 0 bridgehead atoms. The summed E-state index contributed by atoms with van der Waals surface area (Å²) in [6.07, 6.45) is 0.184. The molecule has 0 unspecified atom stereocenters. The van der Waals surface area contributed by atoms with E-state index in [4.69, 9.17) is 11.6 Å². The normalized spacial score (nSPS) is 18.4. The number of carbonyl (C=O) groups excluding carboxylic acids is 3. The molecule has 1 saturated heterocycles. The molecule has 2 heterocycles. The van der Waals surface area contributed by atoms with Crippen LogP contribution in [0.4, 0.5) is 20.4 Å². The second kappa shape index (κ2) is 11.5. The van der Waals surface area contributed by atoms with Crippen LogP contribution >= 0.6 is 11.6 Å². The van der Waals surface area contributed by atoms with Gasteiger partial charge < -0.3 is 5.32 Å². The Bertz CT molecular complexity index is 1650. The third kappa shape index (κ3) is 5.62. The molecule has 1 aromatic heterocycles. The van der Waals surface area contributed by atoms with Crippen molar-refractivity contribution in [1.82, 2.24) is 15.3 Å². The number of alkyl halides is 2. The van der Waals surface area contributed by atoms with Gasteiger partial charge in [0.25, 0.3) is 11.8 Å². The maximum Gasteiger partial charge on any atom is 0.252 e. The number of rotatable bonds is 7. The van der Waals surface area contributed by atoms with Gasteiger partial charge in [0.05, 0.1) is 11.6 Å². The van der Waals surface area contributed by atoms with E-state index in [1.165, 1.54) is 48.7 Å². The van der Waals surface area contributed by atoms with Crippen molar-refractivity contribution in [3.05, 3.63) is 82.6 Å². The first-order chi connectivity index (χ1) is 20.1.